The summed E-state index contributed by atoms with van der Waals surface area (Å²) in [6.45, 7) is 3.56. The molecule has 0 saturated carbocycles. The van der Waals surface area contributed by atoms with Gasteiger partial charge in [-0.05, 0) is 25.2 Å². The summed E-state index contributed by atoms with van der Waals surface area (Å²) in [6, 6.07) is 0. The smallest absolute Gasteiger partial charge is 0.303 e. The van der Waals surface area contributed by atoms with Crippen LogP contribution in [0.4, 0.5) is 0 Å². The molecule has 4 heteroatoms. The predicted molar refractivity (Wildman–Crippen MR) is 61.1 cm³/mol. The van der Waals surface area contributed by atoms with E-state index in [1.54, 1.807) is 0 Å². The number of carbonyl (C=O) groups is 2. The van der Waals surface area contributed by atoms with E-state index in [9.17, 15) is 9.59 Å². The fourth-order valence-electron chi connectivity index (χ4n) is 2.16. The van der Waals surface area contributed by atoms with Crippen molar-refractivity contribution in [3.63, 3.8) is 0 Å². The molecular formula is C12H21NO3. The van der Waals surface area contributed by atoms with Crippen LogP contribution in [0.1, 0.15) is 45.4 Å². The number of aliphatic carboxylic acids is 1. The minimum atomic E-state index is -0.784. The van der Waals surface area contributed by atoms with Crippen molar-refractivity contribution in [3.8, 4) is 0 Å². The van der Waals surface area contributed by atoms with E-state index in [2.05, 4.69) is 6.92 Å². The maximum absolute atomic E-state index is 11.7. The molecule has 1 fully saturated rings. The van der Waals surface area contributed by atoms with Crippen molar-refractivity contribution in [1.82, 2.24) is 4.90 Å². The lowest BCUT2D eigenvalue weighted by Gasteiger charge is -2.20. The van der Waals surface area contributed by atoms with Crippen molar-refractivity contribution in [2.45, 2.75) is 45.4 Å². The Hall–Kier alpha value is -1.06. The normalized spacial score (nSPS) is 21.9. The Morgan fingerprint density at radius 1 is 1.50 bits per heavy atom. The van der Waals surface area contributed by atoms with Crippen LogP contribution >= 0.6 is 0 Å². The molecule has 16 heavy (non-hydrogen) atoms. The zero-order chi connectivity index (χ0) is 12.0. The lowest BCUT2D eigenvalue weighted by molar-refractivity contribution is -0.138. The van der Waals surface area contributed by atoms with E-state index in [0.717, 1.165) is 25.8 Å². The van der Waals surface area contributed by atoms with Crippen molar-refractivity contribution in [2.75, 3.05) is 13.1 Å². The second-order valence-electron chi connectivity index (χ2n) is 4.48. The minimum absolute atomic E-state index is 0.154. The molecule has 1 saturated heterocycles. The molecule has 0 aromatic rings. The first-order chi connectivity index (χ1) is 7.63. The molecule has 0 aromatic heterocycles. The summed E-state index contributed by atoms with van der Waals surface area (Å²) < 4.78 is 0. The third kappa shape index (κ3) is 4.21. The van der Waals surface area contributed by atoms with E-state index in [1.807, 2.05) is 4.90 Å². The SMILES string of the molecule is CCC1CCC(=O)N(CCCC(=O)O)CC1. The Labute approximate surface area is 96.6 Å². The maximum atomic E-state index is 11.7. The standard InChI is InChI=1S/C12H21NO3/c1-2-10-5-6-11(14)13(9-7-10)8-3-4-12(15)16/h10H,2-9H2,1H3,(H,15,16). The number of amides is 1. The second-order valence-corrected chi connectivity index (χ2v) is 4.48. The molecule has 1 rings (SSSR count). The number of carboxylic acids is 1. The fourth-order valence-corrected chi connectivity index (χ4v) is 2.16. The number of nitrogens with zero attached hydrogens (tertiary/aromatic N) is 1. The summed E-state index contributed by atoms with van der Waals surface area (Å²) in [7, 11) is 0. The molecule has 4 nitrogen and oxygen atoms in total. The molecule has 0 bridgehead atoms. The number of carbonyl (C=O) groups excluding carboxylic acids is 1. The first-order valence-electron chi connectivity index (χ1n) is 6.13. The van der Waals surface area contributed by atoms with Gasteiger partial charge in [-0.25, -0.2) is 0 Å². The molecule has 0 aliphatic carbocycles. The molecule has 1 unspecified atom stereocenters. The first-order valence-corrected chi connectivity index (χ1v) is 6.13. The van der Waals surface area contributed by atoms with Crippen molar-refractivity contribution in [3.05, 3.63) is 0 Å². The first kappa shape index (κ1) is 13.0. The van der Waals surface area contributed by atoms with Gasteiger partial charge in [-0.1, -0.05) is 13.3 Å². The summed E-state index contributed by atoms with van der Waals surface area (Å²) in [5, 5.41) is 8.54. The zero-order valence-electron chi connectivity index (χ0n) is 9.95. The third-order valence-corrected chi connectivity index (χ3v) is 3.32. The maximum Gasteiger partial charge on any atom is 0.303 e. The van der Waals surface area contributed by atoms with Gasteiger partial charge in [-0.3, -0.25) is 9.59 Å². The highest BCUT2D eigenvalue weighted by atomic mass is 16.4. The molecule has 1 heterocycles. The van der Waals surface area contributed by atoms with Gasteiger partial charge in [0.05, 0.1) is 0 Å². The van der Waals surface area contributed by atoms with E-state index in [-0.39, 0.29) is 12.3 Å². The molecule has 0 aromatic carbocycles. The number of hydrogen-bond acceptors (Lipinski definition) is 2. The molecule has 92 valence electrons. The van der Waals surface area contributed by atoms with Crippen molar-refractivity contribution in [1.29, 1.82) is 0 Å². The van der Waals surface area contributed by atoms with Crippen LogP contribution < -0.4 is 0 Å². The van der Waals surface area contributed by atoms with Gasteiger partial charge >= 0.3 is 5.97 Å². The molecule has 1 atom stereocenters. The summed E-state index contributed by atoms with van der Waals surface area (Å²) in [6.07, 6.45) is 4.54. The van der Waals surface area contributed by atoms with Gasteiger partial charge < -0.3 is 10.0 Å². The largest absolute Gasteiger partial charge is 0.481 e. The quantitative estimate of drug-likeness (QED) is 0.780. The van der Waals surface area contributed by atoms with Crippen LogP contribution in [0.2, 0.25) is 0 Å². The Balaban J connectivity index is 2.34. The molecule has 0 spiro atoms. The Kier molecular flexibility index (Phi) is 5.29. The Morgan fingerprint density at radius 3 is 2.88 bits per heavy atom. The molecule has 0 radical (unpaired) electrons. The highest BCUT2D eigenvalue weighted by molar-refractivity contribution is 5.76. The summed E-state index contributed by atoms with van der Waals surface area (Å²) in [5.74, 6) is 0.0727. The van der Waals surface area contributed by atoms with Gasteiger partial charge in [0, 0.05) is 25.9 Å². The third-order valence-electron chi connectivity index (χ3n) is 3.32. The van der Waals surface area contributed by atoms with Crippen LogP contribution in [0.5, 0.6) is 0 Å². The molecule has 1 N–H and O–H groups in total. The Morgan fingerprint density at radius 2 is 2.25 bits per heavy atom. The lowest BCUT2D eigenvalue weighted by atomic mass is 9.98. The van der Waals surface area contributed by atoms with E-state index < -0.39 is 5.97 Å². The van der Waals surface area contributed by atoms with Crippen LogP contribution in [0.15, 0.2) is 0 Å². The monoisotopic (exact) mass is 227 g/mol. The fraction of sp³-hybridized carbons (Fsp3) is 0.833. The van der Waals surface area contributed by atoms with Crippen LogP contribution in [-0.2, 0) is 9.59 Å². The molecule has 1 aliphatic rings. The lowest BCUT2D eigenvalue weighted by Crippen LogP contribution is -2.31. The number of rotatable bonds is 5. The van der Waals surface area contributed by atoms with Gasteiger partial charge in [0.2, 0.25) is 5.91 Å². The van der Waals surface area contributed by atoms with E-state index in [4.69, 9.17) is 5.11 Å². The van der Waals surface area contributed by atoms with Crippen LogP contribution in [0.3, 0.4) is 0 Å². The Bertz CT molecular complexity index is 253. The molecule has 1 amide bonds. The topological polar surface area (TPSA) is 57.6 Å². The predicted octanol–water partition coefficient (Wildman–Crippen LogP) is 1.89. The highest BCUT2D eigenvalue weighted by Crippen LogP contribution is 2.21. The summed E-state index contributed by atoms with van der Waals surface area (Å²) >= 11 is 0. The van der Waals surface area contributed by atoms with Gasteiger partial charge in [-0.15, -0.1) is 0 Å². The average molecular weight is 227 g/mol. The average Bonchev–Trinajstić information content (AvgIpc) is 2.41. The highest BCUT2D eigenvalue weighted by Gasteiger charge is 2.21. The van der Waals surface area contributed by atoms with E-state index in [1.165, 1.54) is 0 Å². The van der Waals surface area contributed by atoms with Crippen LogP contribution in [0, 0.1) is 5.92 Å². The van der Waals surface area contributed by atoms with Crippen molar-refractivity contribution in [2.24, 2.45) is 5.92 Å². The van der Waals surface area contributed by atoms with E-state index in [0.29, 0.717) is 25.3 Å². The number of carboxylic acid groups (broad SMARTS) is 1. The van der Waals surface area contributed by atoms with E-state index >= 15 is 0 Å². The van der Waals surface area contributed by atoms with Crippen molar-refractivity contribution >= 4 is 11.9 Å². The number of likely N-dealkylation sites (tertiary alicyclic amines) is 1. The molecular weight excluding hydrogens is 206 g/mol. The van der Waals surface area contributed by atoms with Crippen molar-refractivity contribution < 1.29 is 14.7 Å². The van der Waals surface area contributed by atoms with Gasteiger partial charge in [0.1, 0.15) is 0 Å². The van der Waals surface area contributed by atoms with Crippen LogP contribution in [-0.4, -0.2) is 35.0 Å². The van der Waals surface area contributed by atoms with Crippen LogP contribution in [0.25, 0.3) is 0 Å². The second kappa shape index (κ2) is 6.51. The summed E-state index contributed by atoms with van der Waals surface area (Å²) in [5.41, 5.74) is 0. The van der Waals surface area contributed by atoms with Gasteiger partial charge in [0.15, 0.2) is 0 Å². The summed E-state index contributed by atoms with van der Waals surface area (Å²) in [4.78, 5) is 23.9. The minimum Gasteiger partial charge on any atom is -0.481 e. The van der Waals surface area contributed by atoms with Gasteiger partial charge in [0.25, 0.3) is 0 Å². The zero-order valence-corrected chi connectivity index (χ0v) is 9.95. The molecule has 1 aliphatic heterocycles. The number of hydrogen-bond donors (Lipinski definition) is 1. The van der Waals surface area contributed by atoms with Gasteiger partial charge in [-0.2, -0.15) is 0 Å².